The molecule has 2 aromatic carbocycles. The zero-order chi connectivity index (χ0) is 15.9. The maximum absolute atomic E-state index is 4.26. The van der Waals surface area contributed by atoms with Crippen LogP contribution in [0.1, 0.15) is 37.0 Å². The molecular formula is C19H25N3. The van der Waals surface area contributed by atoms with Gasteiger partial charge in [0.25, 0.3) is 0 Å². The molecule has 2 aromatic rings. The largest absolute Gasteiger partial charge is 0.260 e. The van der Waals surface area contributed by atoms with Gasteiger partial charge in [0.05, 0.1) is 11.4 Å². The van der Waals surface area contributed by atoms with E-state index in [0.29, 0.717) is 0 Å². The Kier molecular flexibility index (Phi) is 5.70. The Balaban J connectivity index is 1.96. The molecule has 0 aromatic heterocycles. The van der Waals surface area contributed by atoms with Crippen LogP contribution in [0.15, 0.2) is 52.8 Å². The van der Waals surface area contributed by atoms with E-state index in [1.807, 2.05) is 13.0 Å². The summed E-state index contributed by atoms with van der Waals surface area (Å²) in [6.07, 6.45) is 2.34. The second kappa shape index (κ2) is 7.74. The second-order valence-electron chi connectivity index (χ2n) is 6.02. The molecule has 0 heterocycles. The standard InChI is InChI=1S/C19H25N3/c1-5-14(2)12-17-8-10-18(11-9-17)20-22-21-19-13-15(3)6-7-16(19)4/h6-11,13-14H,5,12H2,1-4H3,(H,20,21). The predicted octanol–water partition coefficient (Wildman–Crippen LogP) is 6.00. The summed E-state index contributed by atoms with van der Waals surface area (Å²) in [5.74, 6) is 0.725. The fourth-order valence-electron chi connectivity index (χ4n) is 2.23. The lowest BCUT2D eigenvalue weighted by molar-refractivity contribution is 0.560. The molecule has 0 spiro atoms. The van der Waals surface area contributed by atoms with Gasteiger partial charge < -0.3 is 0 Å². The van der Waals surface area contributed by atoms with Gasteiger partial charge in [-0.2, -0.15) is 0 Å². The molecular weight excluding hydrogens is 270 g/mol. The summed E-state index contributed by atoms with van der Waals surface area (Å²) in [4.78, 5) is 0. The molecule has 1 unspecified atom stereocenters. The van der Waals surface area contributed by atoms with Gasteiger partial charge in [0.2, 0.25) is 0 Å². The van der Waals surface area contributed by atoms with Crippen molar-refractivity contribution >= 4 is 11.4 Å². The van der Waals surface area contributed by atoms with Gasteiger partial charge in [-0.1, -0.05) is 49.8 Å². The van der Waals surface area contributed by atoms with E-state index in [4.69, 9.17) is 0 Å². The zero-order valence-corrected chi connectivity index (χ0v) is 13.9. The highest BCUT2D eigenvalue weighted by molar-refractivity contribution is 5.47. The molecule has 2 rings (SSSR count). The lowest BCUT2D eigenvalue weighted by Gasteiger charge is -2.08. The van der Waals surface area contributed by atoms with Crippen molar-refractivity contribution in [2.75, 3.05) is 5.43 Å². The second-order valence-corrected chi connectivity index (χ2v) is 6.02. The summed E-state index contributed by atoms with van der Waals surface area (Å²) in [5, 5.41) is 8.36. The molecule has 0 bridgehead atoms. The van der Waals surface area contributed by atoms with Crippen LogP contribution in [0.5, 0.6) is 0 Å². The lowest BCUT2D eigenvalue weighted by Crippen LogP contribution is -1.97. The number of aryl methyl sites for hydroxylation is 2. The molecule has 0 aliphatic rings. The van der Waals surface area contributed by atoms with Crippen LogP contribution in [-0.2, 0) is 6.42 Å². The van der Waals surface area contributed by atoms with Gasteiger partial charge in [0.1, 0.15) is 0 Å². The highest BCUT2D eigenvalue weighted by Crippen LogP contribution is 2.20. The molecule has 0 radical (unpaired) electrons. The first-order valence-corrected chi connectivity index (χ1v) is 7.91. The Morgan fingerprint density at radius 3 is 2.45 bits per heavy atom. The summed E-state index contributed by atoms with van der Waals surface area (Å²) in [6.45, 7) is 8.61. The molecule has 0 saturated heterocycles. The van der Waals surface area contributed by atoms with Crippen molar-refractivity contribution in [3.8, 4) is 0 Å². The number of benzene rings is 2. The first-order chi connectivity index (χ1) is 10.6. The topological polar surface area (TPSA) is 36.8 Å². The molecule has 0 aliphatic heterocycles. The molecule has 3 heteroatoms. The number of hydrogen-bond acceptors (Lipinski definition) is 2. The molecule has 1 N–H and O–H groups in total. The summed E-state index contributed by atoms with van der Waals surface area (Å²) >= 11 is 0. The predicted molar refractivity (Wildman–Crippen MR) is 93.7 cm³/mol. The van der Waals surface area contributed by atoms with Gasteiger partial charge in [0, 0.05) is 0 Å². The average Bonchev–Trinajstić information content (AvgIpc) is 2.52. The van der Waals surface area contributed by atoms with Crippen molar-refractivity contribution in [3.05, 3.63) is 59.2 Å². The van der Waals surface area contributed by atoms with Crippen LogP contribution in [0.3, 0.4) is 0 Å². The summed E-state index contributed by atoms with van der Waals surface area (Å²) in [5.41, 5.74) is 8.54. The SMILES string of the molecule is CCC(C)Cc1ccc(NN=Nc2cc(C)ccc2C)cc1. The number of rotatable bonds is 6. The zero-order valence-electron chi connectivity index (χ0n) is 13.9. The van der Waals surface area contributed by atoms with E-state index in [1.165, 1.54) is 17.5 Å². The molecule has 0 amide bonds. The highest BCUT2D eigenvalue weighted by atomic mass is 15.4. The van der Waals surface area contributed by atoms with Crippen molar-refractivity contribution in [1.29, 1.82) is 0 Å². The molecule has 0 saturated carbocycles. The summed E-state index contributed by atoms with van der Waals surface area (Å²) < 4.78 is 0. The van der Waals surface area contributed by atoms with Gasteiger partial charge >= 0.3 is 0 Å². The minimum absolute atomic E-state index is 0.725. The van der Waals surface area contributed by atoms with Crippen molar-refractivity contribution in [2.24, 2.45) is 16.3 Å². The highest BCUT2D eigenvalue weighted by Gasteiger charge is 2.01. The fraction of sp³-hybridized carbons (Fsp3) is 0.368. The average molecular weight is 295 g/mol. The first-order valence-electron chi connectivity index (χ1n) is 7.91. The van der Waals surface area contributed by atoms with E-state index in [1.54, 1.807) is 0 Å². The Labute approximate surface area is 133 Å². The number of anilines is 1. The Morgan fingerprint density at radius 2 is 1.77 bits per heavy atom. The van der Waals surface area contributed by atoms with E-state index < -0.39 is 0 Å². The van der Waals surface area contributed by atoms with Crippen molar-refractivity contribution < 1.29 is 0 Å². The minimum Gasteiger partial charge on any atom is -0.260 e. The van der Waals surface area contributed by atoms with Crippen LogP contribution in [0.25, 0.3) is 0 Å². The van der Waals surface area contributed by atoms with E-state index in [0.717, 1.165) is 29.3 Å². The van der Waals surface area contributed by atoms with Crippen LogP contribution in [-0.4, -0.2) is 0 Å². The third-order valence-electron chi connectivity index (χ3n) is 3.94. The third-order valence-corrected chi connectivity index (χ3v) is 3.94. The summed E-state index contributed by atoms with van der Waals surface area (Å²) in [6, 6.07) is 14.6. The first kappa shape index (κ1) is 16.2. The van der Waals surface area contributed by atoms with Crippen molar-refractivity contribution in [2.45, 2.75) is 40.5 Å². The molecule has 22 heavy (non-hydrogen) atoms. The molecule has 1 atom stereocenters. The molecule has 3 nitrogen and oxygen atoms in total. The minimum atomic E-state index is 0.725. The normalized spacial score (nSPS) is 12.5. The number of nitrogens with one attached hydrogen (secondary N) is 1. The maximum atomic E-state index is 4.26. The van der Waals surface area contributed by atoms with Gasteiger partial charge in [-0.25, -0.2) is 0 Å². The lowest BCUT2D eigenvalue weighted by atomic mass is 9.99. The molecule has 116 valence electrons. The smallest absolute Gasteiger partial charge is 0.0906 e. The Morgan fingerprint density at radius 1 is 1.05 bits per heavy atom. The van der Waals surface area contributed by atoms with E-state index in [9.17, 15) is 0 Å². The number of hydrogen-bond donors (Lipinski definition) is 1. The Bertz CT molecular complexity index is 630. The van der Waals surface area contributed by atoms with Crippen LogP contribution in [0.4, 0.5) is 11.4 Å². The van der Waals surface area contributed by atoms with Crippen LogP contribution < -0.4 is 5.43 Å². The van der Waals surface area contributed by atoms with E-state index in [2.05, 4.69) is 72.9 Å². The molecule has 0 fully saturated rings. The fourth-order valence-corrected chi connectivity index (χ4v) is 2.23. The van der Waals surface area contributed by atoms with Gasteiger partial charge in [-0.15, -0.1) is 5.11 Å². The summed E-state index contributed by atoms with van der Waals surface area (Å²) in [7, 11) is 0. The van der Waals surface area contributed by atoms with Crippen LogP contribution >= 0.6 is 0 Å². The molecule has 0 aliphatic carbocycles. The van der Waals surface area contributed by atoms with Crippen molar-refractivity contribution in [3.63, 3.8) is 0 Å². The van der Waals surface area contributed by atoms with Gasteiger partial charge in [-0.3, -0.25) is 5.43 Å². The quantitative estimate of drug-likeness (QED) is 0.514. The third kappa shape index (κ3) is 4.69. The Hall–Kier alpha value is -2.16. The maximum Gasteiger partial charge on any atom is 0.0906 e. The van der Waals surface area contributed by atoms with Gasteiger partial charge in [-0.05, 0) is 61.1 Å². The van der Waals surface area contributed by atoms with E-state index >= 15 is 0 Å². The monoisotopic (exact) mass is 295 g/mol. The van der Waals surface area contributed by atoms with Crippen LogP contribution in [0.2, 0.25) is 0 Å². The van der Waals surface area contributed by atoms with Crippen LogP contribution in [0, 0.1) is 19.8 Å². The van der Waals surface area contributed by atoms with Gasteiger partial charge in [0.15, 0.2) is 0 Å². The van der Waals surface area contributed by atoms with Crippen molar-refractivity contribution in [1.82, 2.24) is 0 Å². The number of nitrogens with zero attached hydrogens (tertiary/aromatic N) is 2. The van der Waals surface area contributed by atoms with E-state index in [-0.39, 0.29) is 0 Å².